The Hall–Kier alpha value is -2.61. The summed E-state index contributed by atoms with van der Waals surface area (Å²) < 4.78 is 0. The first-order valence-electron chi connectivity index (χ1n) is 7.10. The van der Waals surface area contributed by atoms with Gasteiger partial charge >= 0.3 is 0 Å². The molecule has 0 aliphatic carbocycles. The number of anilines is 3. The minimum atomic E-state index is 0.441. The van der Waals surface area contributed by atoms with Crippen LogP contribution in [-0.2, 0) is 0 Å². The van der Waals surface area contributed by atoms with Crippen LogP contribution in [0.5, 0.6) is 0 Å². The van der Waals surface area contributed by atoms with Gasteiger partial charge in [-0.1, -0.05) is 25.1 Å². The summed E-state index contributed by atoms with van der Waals surface area (Å²) in [7, 11) is 0. The lowest BCUT2D eigenvalue weighted by atomic mass is 10.2. The lowest BCUT2D eigenvalue weighted by molar-refractivity contribution is 0.915. The van der Waals surface area contributed by atoms with Gasteiger partial charge in [0.2, 0.25) is 0 Å². The first kappa shape index (κ1) is 14.8. The molecule has 2 rings (SSSR count). The number of aromatic nitrogens is 2. The van der Waals surface area contributed by atoms with E-state index in [1.54, 1.807) is 6.33 Å². The van der Waals surface area contributed by atoms with Crippen molar-refractivity contribution in [3.8, 4) is 6.07 Å². The van der Waals surface area contributed by atoms with Crippen LogP contribution < -0.4 is 10.2 Å². The van der Waals surface area contributed by atoms with Gasteiger partial charge in [-0.05, 0) is 18.6 Å². The van der Waals surface area contributed by atoms with Gasteiger partial charge in [-0.2, -0.15) is 5.26 Å². The summed E-state index contributed by atoms with van der Waals surface area (Å²) in [5.74, 6) is 1.60. The summed E-state index contributed by atoms with van der Waals surface area (Å²) in [6, 6.07) is 14.1. The molecule has 1 N–H and O–H groups in total. The summed E-state index contributed by atoms with van der Waals surface area (Å²) in [6.07, 6.45) is 3.03. The lowest BCUT2D eigenvalue weighted by Gasteiger charge is -2.23. The van der Waals surface area contributed by atoms with Crippen LogP contribution in [0.2, 0.25) is 0 Å². The minimum absolute atomic E-state index is 0.441. The predicted molar refractivity (Wildman–Crippen MR) is 84.5 cm³/mol. The van der Waals surface area contributed by atoms with Crippen LogP contribution in [0.25, 0.3) is 0 Å². The summed E-state index contributed by atoms with van der Waals surface area (Å²) in [5.41, 5.74) is 1.02. The Kier molecular flexibility index (Phi) is 5.53. The van der Waals surface area contributed by atoms with Gasteiger partial charge in [0.25, 0.3) is 0 Å². The average molecular weight is 281 g/mol. The maximum atomic E-state index is 8.86. The zero-order valence-electron chi connectivity index (χ0n) is 12.2. The fraction of sp³-hybridized carbons (Fsp3) is 0.312. The molecule has 0 unspecified atom stereocenters. The second-order valence-electron chi connectivity index (χ2n) is 4.58. The Bertz CT molecular complexity index is 591. The van der Waals surface area contributed by atoms with Gasteiger partial charge in [0, 0.05) is 24.8 Å². The molecule has 108 valence electrons. The Morgan fingerprint density at radius 3 is 2.76 bits per heavy atom. The van der Waals surface area contributed by atoms with Crippen molar-refractivity contribution >= 4 is 17.3 Å². The smallest absolute Gasteiger partial charge is 0.138 e. The van der Waals surface area contributed by atoms with Crippen LogP contribution in [0.1, 0.15) is 19.8 Å². The van der Waals surface area contributed by atoms with E-state index in [2.05, 4.69) is 28.3 Å². The van der Waals surface area contributed by atoms with Gasteiger partial charge in [0.1, 0.15) is 18.0 Å². The third-order valence-electron chi connectivity index (χ3n) is 3.00. The summed E-state index contributed by atoms with van der Waals surface area (Å²) >= 11 is 0. The number of nitriles is 1. The first-order valence-corrected chi connectivity index (χ1v) is 7.10. The van der Waals surface area contributed by atoms with E-state index in [1.165, 1.54) is 0 Å². The molecule has 1 aromatic heterocycles. The fourth-order valence-corrected chi connectivity index (χ4v) is 1.99. The van der Waals surface area contributed by atoms with Gasteiger partial charge < -0.3 is 10.2 Å². The van der Waals surface area contributed by atoms with E-state index < -0.39 is 0 Å². The Balaban J connectivity index is 2.26. The van der Waals surface area contributed by atoms with Crippen LogP contribution in [-0.4, -0.2) is 23.1 Å². The van der Waals surface area contributed by atoms with Gasteiger partial charge in [0.05, 0.1) is 12.5 Å². The largest absolute Gasteiger partial charge is 0.370 e. The standard InChI is InChI=1S/C16H19N5/c1-2-10-18-15-12-16(20-13-19-15)21(11-6-9-17)14-7-4-3-5-8-14/h3-5,7-8,12-13H,2,6,10-11H2,1H3,(H,18,19,20). The molecule has 5 heteroatoms. The minimum Gasteiger partial charge on any atom is -0.370 e. The molecule has 0 aliphatic heterocycles. The van der Waals surface area contributed by atoms with Crippen molar-refractivity contribution in [1.82, 2.24) is 9.97 Å². The highest BCUT2D eigenvalue weighted by Crippen LogP contribution is 2.24. The van der Waals surface area contributed by atoms with Crippen LogP contribution in [0, 0.1) is 11.3 Å². The summed E-state index contributed by atoms with van der Waals surface area (Å²) in [4.78, 5) is 10.6. The van der Waals surface area contributed by atoms with Crippen LogP contribution in [0.3, 0.4) is 0 Å². The Morgan fingerprint density at radius 1 is 1.24 bits per heavy atom. The quantitative estimate of drug-likeness (QED) is 0.843. The van der Waals surface area contributed by atoms with E-state index in [0.29, 0.717) is 13.0 Å². The van der Waals surface area contributed by atoms with E-state index in [4.69, 9.17) is 5.26 Å². The van der Waals surface area contributed by atoms with Crippen LogP contribution >= 0.6 is 0 Å². The molecular formula is C16H19N5. The Morgan fingerprint density at radius 2 is 2.05 bits per heavy atom. The van der Waals surface area contributed by atoms with Gasteiger partial charge in [-0.3, -0.25) is 0 Å². The van der Waals surface area contributed by atoms with Crippen LogP contribution in [0.4, 0.5) is 17.3 Å². The lowest BCUT2D eigenvalue weighted by Crippen LogP contribution is -2.19. The number of rotatable bonds is 7. The third kappa shape index (κ3) is 4.18. The zero-order chi connectivity index (χ0) is 14.9. The number of nitrogens with one attached hydrogen (secondary N) is 1. The highest BCUT2D eigenvalue weighted by molar-refractivity contribution is 5.62. The summed E-state index contributed by atoms with van der Waals surface area (Å²) in [5, 5.41) is 12.1. The molecule has 0 radical (unpaired) electrons. The number of benzene rings is 1. The summed E-state index contributed by atoms with van der Waals surface area (Å²) in [6.45, 7) is 3.59. The van der Waals surface area contributed by atoms with Gasteiger partial charge in [-0.15, -0.1) is 0 Å². The molecule has 0 aliphatic rings. The van der Waals surface area contributed by atoms with Crippen LogP contribution in [0.15, 0.2) is 42.7 Å². The molecule has 0 amide bonds. The molecule has 0 spiro atoms. The maximum Gasteiger partial charge on any atom is 0.138 e. The average Bonchev–Trinajstić information content (AvgIpc) is 2.55. The second-order valence-corrected chi connectivity index (χ2v) is 4.58. The monoisotopic (exact) mass is 281 g/mol. The molecule has 0 atom stereocenters. The van der Waals surface area contributed by atoms with Crippen molar-refractivity contribution in [3.63, 3.8) is 0 Å². The van der Waals surface area contributed by atoms with E-state index in [9.17, 15) is 0 Å². The van der Waals surface area contributed by atoms with Gasteiger partial charge in [0.15, 0.2) is 0 Å². The predicted octanol–water partition coefficient (Wildman–Crippen LogP) is 3.35. The molecule has 0 saturated heterocycles. The number of hydrogen-bond donors (Lipinski definition) is 1. The normalized spacial score (nSPS) is 9.90. The zero-order valence-corrected chi connectivity index (χ0v) is 12.2. The molecule has 0 saturated carbocycles. The highest BCUT2D eigenvalue weighted by Gasteiger charge is 2.11. The third-order valence-corrected chi connectivity index (χ3v) is 3.00. The van der Waals surface area contributed by atoms with Crippen molar-refractivity contribution < 1.29 is 0 Å². The van der Waals surface area contributed by atoms with E-state index >= 15 is 0 Å². The van der Waals surface area contributed by atoms with E-state index in [0.717, 1.165) is 30.3 Å². The molecule has 1 heterocycles. The maximum absolute atomic E-state index is 8.86. The molecule has 5 nitrogen and oxygen atoms in total. The topological polar surface area (TPSA) is 64.8 Å². The number of hydrogen-bond acceptors (Lipinski definition) is 5. The van der Waals surface area contributed by atoms with Gasteiger partial charge in [-0.25, -0.2) is 9.97 Å². The van der Waals surface area contributed by atoms with Crippen molar-refractivity contribution in [3.05, 3.63) is 42.7 Å². The van der Waals surface area contributed by atoms with Crippen molar-refractivity contribution in [1.29, 1.82) is 5.26 Å². The number of nitrogens with zero attached hydrogens (tertiary/aromatic N) is 4. The molecule has 0 bridgehead atoms. The van der Waals surface area contributed by atoms with Crippen molar-refractivity contribution in [2.24, 2.45) is 0 Å². The molecular weight excluding hydrogens is 262 g/mol. The van der Waals surface area contributed by atoms with Crippen molar-refractivity contribution in [2.45, 2.75) is 19.8 Å². The molecule has 2 aromatic rings. The molecule has 0 fully saturated rings. The highest BCUT2D eigenvalue weighted by atomic mass is 15.2. The second kappa shape index (κ2) is 7.85. The first-order chi connectivity index (χ1) is 10.3. The fourth-order valence-electron chi connectivity index (χ4n) is 1.99. The number of para-hydroxylation sites is 1. The molecule has 21 heavy (non-hydrogen) atoms. The van der Waals surface area contributed by atoms with E-state index in [-0.39, 0.29) is 0 Å². The molecule has 1 aromatic carbocycles. The SMILES string of the molecule is CCCNc1cc(N(CCC#N)c2ccccc2)ncn1. The van der Waals surface area contributed by atoms with E-state index in [1.807, 2.05) is 41.3 Å². The van der Waals surface area contributed by atoms with Crippen molar-refractivity contribution in [2.75, 3.05) is 23.3 Å². The Labute approximate surface area is 125 Å².